The van der Waals surface area contributed by atoms with Crippen LogP contribution in [-0.4, -0.2) is 29.5 Å². The molecule has 0 aliphatic carbocycles. The summed E-state index contributed by atoms with van der Waals surface area (Å²) in [5.41, 5.74) is 0.986. The predicted molar refractivity (Wildman–Crippen MR) is 84.2 cm³/mol. The Balaban J connectivity index is 2.13. The van der Waals surface area contributed by atoms with Crippen molar-refractivity contribution in [3.8, 4) is 11.5 Å². The van der Waals surface area contributed by atoms with E-state index in [0.717, 1.165) is 0 Å². The number of hydrogen-bond acceptors (Lipinski definition) is 5. The average Bonchev–Trinajstić information content (AvgIpc) is 2.80. The largest absolute Gasteiger partial charge is 0.497 e. The zero-order chi connectivity index (χ0) is 16.1. The van der Waals surface area contributed by atoms with Gasteiger partial charge in [-0.2, -0.15) is 5.10 Å². The lowest BCUT2D eigenvalue weighted by molar-refractivity contribution is 0.0512. The van der Waals surface area contributed by atoms with Crippen LogP contribution in [0.2, 0.25) is 0 Å². The van der Waals surface area contributed by atoms with Crippen molar-refractivity contribution < 1.29 is 19.0 Å². The lowest BCUT2D eigenvalue weighted by atomic mass is 10.3. The molecule has 1 aromatic carbocycles. The van der Waals surface area contributed by atoms with Gasteiger partial charge in [-0.3, -0.25) is 4.68 Å². The van der Waals surface area contributed by atoms with Gasteiger partial charge in [0.1, 0.15) is 23.8 Å². The molecular weight excluding hydrogens is 352 g/mol. The van der Waals surface area contributed by atoms with Crippen LogP contribution in [0.4, 0.5) is 0 Å². The minimum atomic E-state index is -0.419. The SMILES string of the molecule is CCOC(=O)c1c(Br)c(COc2cccc(OC)c2)nn1C. The molecule has 22 heavy (non-hydrogen) atoms. The van der Waals surface area contributed by atoms with Crippen molar-refractivity contribution in [1.29, 1.82) is 0 Å². The van der Waals surface area contributed by atoms with Crippen molar-refractivity contribution >= 4 is 21.9 Å². The molecule has 2 rings (SSSR count). The number of ether oxygens (including phenoxy) is 3. The molecule has 1 aromatic heterocycles. The summed E-state index contributed by atoms with van der Waals surface area (Å²) in [5, 5.41) is 4.28. The van der Waals surface area contributed by atoms with Gasteiger partial charge in [-0.05, 0) is 35.0 Å². The molecule has 0 fully saturated rings. The molecule has 6 nitrogen and oxygen atoms in total. The van der Waals surface area contributed by atoms with Crippen molar-refractivity contribution in [2.45, 2.75) is 13.5 Å². The van der Waals surface area contributed by atoms with Crippen molar-refractivity contribution in [1.82, 2.24) is 9.78 Å². The molecule has 0 saturated carbocycles. The van der Waals surface area contributed by atoms with E-state index in [1.165, 1.54) is 4.68 Å². The Labute approximate surface area is 137 Å². The van der Waals surface area contributed by atoms with E-state index in [-0.39, 0.29) is 6.61 Å². The average molecular weight is 369 g/mol. The summed E-state index contributed by atoms with van der Waals surface area (Å²) in [7, 11) is 3.28. The van der Waals surface area contributed by atoms with Gasteiger partial charge < -0.3 is 14.2 Å². The Bertz CT molecular complexity index is 670. The van der Waals surface area contributed by atoms with Gasteiger partial charge in [0.2, 0.25) is 0 Å². The number of benzene rings is 1. The molecule has 1 heterocycles. The number of aromatic nitrogens is 2. The van der Waals surface area contributed by atoms with Crippen LogP contribution in [0.5, 0.6) is 11.5 Å². The molecular formula is C15H17BrN2O4. The second kappa shape index (κ2) is 7.31. The number of carbonyl (C=O) groups excluding carboxylic acids is 1. The first kappa shape index (κ1) is 16.4. The number of halogens is 1. The molecule has 0 amide bonds. The van der Waals surface area contributed by atoms with Gasteiger partial charge in [-0.25, -0.2) is 4.79 Å². The van der Waals surface area contributed by atoms with Crippen LogP contribution in [0.25, 0.3) is 0 Å². The minimum Gasteiger partial charge on any atom is -0.497 e. The number of aryl methyl sites for hydroxylation is 1. The summed E-state index contributed by atoms with van der Waals surface area (Å²) in [6.45, 7) is 2.29. The molecule has 0 bridgehead atoms. The predicted octanol–water partition coefficient (Wildman–Crippen LogP) is 2.95. The molecule has 0 saturated heterocycles. The van der Waals surface area contributed by atoms with E-state index in [9.17, 15) is 4.79 Å². The van der Waals surface area contributed by atoms with Gasteiger partial charge in [-0.15, -0.1) is 0 Å². The van der Waals surface area contributed by atoms with Crippen LogP contribution in [0.15, 0.2) is 28.7 Å². The fourth-order valence-corrected chi connectivity index (χ4v) is 2.52. The van der Waals surface area contributed by atoms with Gasteiger partial charge in [-0.1, -0.05) is 6.07 Å². The van der Waals surface area contributed by atoms with Gasteiger partial charge in [0.15, 0.2) is 5.69 Å². The maximum absolute atomic E-state index is 11.9. The highest BCUT2D eigenvalue weighted by Crippen LogP contribution is 2.25. The summed E-state index contributed by atoms with van der Waals surface area (Å²) in [6, 6.07) is 7.28. The van der Waals surface area contributed by atoms with Crippen molar-refractivity contribution in [3.05, 3.63) is 40.1 Å². The van der Waals surface area contributed by atoms with E-state index in [1.54, 1.807) is 27.1 Å². The molecule has 0 aliphatic heterocycles. The Morgan fingerprint density at radius 3 is 2.77 bits per heavy atom. The van der Waals surface area contributed by atoms with E-state index in [4.69, 9.17) is 14.2 Å². The molecule has 0 radical (unpaired) electrons. The quantitative estimate of drug-likeness (QED) is 0.733. The maximum Gasteiger partial charge on any atom is 0.357 e. The highest BCUT2D eigenvalue weighted by Gasteiger charge is 2.21. The van der Waals surface area contributed by atoms with Crippen LogP contribution in [-0.2, 0) is 18.4 Å². The molecule has 0 unspecified atom stereocenters. The third kappa shape index (κ3) is 3.59. The van der Waals surface area contributed by atoms with Gasteiger partial charge in [0.05, 0.1) is 18.2 Å². The molecule has 0 aliphatic rings. The lowest BCUT2D eigenvalue weighted by Gasteiger charge is -2.06. The Hall–Kier alpha value is -2.02. The second-order valence-corrected chi connectivity index (χ2v) is 5.21. The van der Waals surface area contributed by atoms with Crippen LogP contribution in [0.3, 0.4) is 0 Å². The van der Waals surface area contributed by atoms with Crippen LogP contribution in [0, 0.1) is 0 Å². The van der Waals surface area contributed by atoms with Crippen molar-refractivity contribution in [2.24, 2.45) is 7.05 Å². The van der Waals surface area contributed by atoms with E-state index in [1.807, 2.05) is 18.2 Å². The van der Waals surface area contributed by atoms with Crippen molar-refractivity contribution in [3.63, 3.8) is 0 Å². The van der Waals surface area contributed by atoms with Gasteiger partial charge >= 0.3 is 5.97 Å². The second-order valence-electron chi connectivity index (χ2n) is 4.42. The highest BCUT2D eigenvalue weighted by molar-refractivity contribution is 9.10. The first-order valence-electron chi connectivity index (χ1n) is 6.72. The van der Waals surface area contributed by atoms with Crippen molar-refractivity contribution in [2.75, 3.05) is 13.7 Å². The maximum atomic E-state index is 11.9. The molecule has 0 N–H and O–H groups in total. The zero-order valence-corrected chi connectivity index (χ0v) is 14.2. The smallest absolute Gasteiger partial charge is 0.357 e. The van der Waals surface area contributed by atoms with Crippen LogP contribution in [0.1, 0.15) is 23.1 Å². The third-order valence-electron chi connectivity index (χ3n) is 2.94. The number of nitrogens with zero attached hydrogens (tertiary/aromatic N) is 2. The standard InChI is InChI=1S/C15H17BrN2O4/c1-4-21-15(19)14-13(16)12(17-18(14)2)9-22-11-7-5-6-10(8-11)20-3/h5-8H,4,9H2,1-3H3. The fourth-order valence-electron chi connectivity index (χ4n) is 1.91. The summed E-state index contributed by atoms with van der Waals surface area (Å²) in [5.74, 6) is 0.955. The molecule has 7 heteroatoms. The Morgan fingerprint density at radius 1 is 1.36 bits per heavy atom. The molecule has 2 aromatic rings. The number of rotatable bonds is 6. The third-order valence-corrected chi connectivity index (χ3v) is 3.77. The van der Waals surface area contributed by atoms with E-state index in [2.05, 4.69) is 21.0 Å². The summed E-state index contributed by atoms with van der Waals surface area (Å²) < 4.78 is 17.9. The molecule has 118 valence electrons. The topological polar surface area (TPSA) is 62.6 Å². The highest BCUT2D eigenvalue weighted by atomic mass is 79.9. The molecule has 0 spiro atoms. The number of hydrogen-bond donors (Lipinski definition) is 0. The summed E-state index contributed by atoms with van der Waals surface area (Å²) in [6.07, 6.45) is 0. The van der Waals surface area contributed by atoms with Gasteiger partial charge in [0, 0.05) is 13.1 Å². The number of esters is 1. The van der Waals surface area contributed by atoms with Crippen LogP contribution < -0.4 is 9.47 Å². The monoisotopic (exact) mass is 368 g/mol. The Morgan fingerprint density at radius 2 is 2.09 bits per heavy atom. The fraction of sp³-hybridized carbons (Fsp3) is 0.333. The van der Waals surface area contributed by atoms with Crippen LogP contribution >= 0.6 is 15.9 Å². The first-order valence-corrected chi connectivity index (χ1v) is 7.51. The summed E-state index contributed by atoms with van der Waals surface area (Å²) >= 11 is 3.39. The van der Waals surface area contributed by atoms with E-state index >= 15 is 0 Å². The van der Waals surface area contributed by atoms with E-state index < -0.39 is 5.97 Å². The first-order chi connectivity index (χ1) is 10.6. The normalized spacial score (nSPS) is 10.4. The lowest BCUT2D eigenvalue weighted by Crippen LogP contribution is -2.10. The zero-order valence-electron chi connectivity index (χ0n) is 12.6. The van der Waals surface area contributed by atoms with E-state index in [0.29, 0.717) is 34.0 Å². The number of carbonyl (C=O) groups is 1. The Kier molecular flexibility index (Phi) is 5.43. The molecule has 0 atom stereocenters. The summed E-state index contributed by atoms with van der Waals surface area (Å²) in [4.78, 5) is 11.9. The van der Waals surface area contributed by atoms with Gasteiger partial charge in [0.25, 0.3) is 0 Å². The number of methoxy groups -OCH3 is 1. The minimum absolute atomic E-state index is 0.223.